The van der Waals surface area contributed by atoms with Crippen LogP contribution in [-0.2, 0) is 14.3 Å². The smallest absolute Gasteiger partial charge is 0.252 e. The number of aliphatic hydroxyl groups is 1. The van der Waals surface area contributed by atoms with E-state index in [4.69, 9.17) is 12.6 Å². The Hall–Kier alpha value is -1.08. The summed E-state index contributed by atoms with van der Waals surface area (Å²) >= 11 is 0. The minimum atomic E-state index is -1.83. The number of amides is 2. The molecular weight excluding hydrogens is 271 g/mol. The molecule has 6 nitrogen and oxygen atoms in total. The Bertz CT molecular complexity index is 381. The number of hydrogen-bond acceptors (Lipinski definition) is 4. The van der Waals surface area contributed by atoms with Crippen LogP contribution in [0.1, 0.15) is 34.1 Å². The highest BCUT2D eigenvalue weighted by atomic mass is 16.6. The van der Waals surface area contributed by atoms with Crippen molar-refractivity contribution in [3.63, 3.8) is 0 Å². The third kappa shape index (κ3) is 5.32. The monoisotopic (exact) mass is 296 g/mol. The second-order valence-corrected chi connectivity index (χ2v) is 6.28. The number of carbonyl (C=O) groups excluding carboxylic acids is 2. The van der Waals surface area contributed by atoms with Crippen molar-refractivity contribution >= 4 is 19.7 Å². The standard InChI is InChI=1S/C14H25BN2O4/c1-8(2)5-6-16-13(19)11(14(15,20)9(3)4)17-12(18)10-7-21-10/h8-11,20H,5-7H2,1-4H3,(H,16,19)(H,17,18)/t10?,11-,14?/m1/s1. The van der Waals surface area contributed by atoms with E-state index in [1.807, 2.05) is 13.8 Å². The SMILES string of the molecule is [B]C(O)(C(C)C)[C@H](NC(=O)C1CO1)C(=O)NCCC(C)C. The number of nitrogens with one attached hydrogen (secondary N) is 2. The van der Waals surface area contributed by atoms with Crippen molar-refractivity contribution in [2.24, 2.45) is 11.8 Å². The van der Waals surface area contributed by atoms with Crippen molar-refractivity contribution in [1.29, 1.82) is 0 Å². The lowest BCUT2D eigenvalue weighted by molar-refractivity contribution is -0.134. The van der Waals surface area contributed by atoms with Crippen LogP contribution in [0.4, 0.5) is 0 Å². The molecule has 118 valence electrons. The molecule has 21 heavy (non-hydrogen) atoms. The Kier molecular flexibility index (Phi) is 6.22. The maximum absolute atomic E-state index is 12.2. The molecule has 3 N–H and O–H groups in total. The molecule has 1 heterocycles. The Morgan fingerprint density at radius 2 is 1.95 bits per heavy atom. The summed E-state index contributed by atoms with van der Waals surface area (Å²) in [5, 5.41) is 15.5. The average Bonchev–Trinajstić information content (AvgIpc) is 3.18. The molecule has 0 aliphatic carbocycles. The van der Waals surface area contributed by atoms with Gasteiger partial charge in [-0.05, 0) is 18.3 Å². The summed E-state index contributed by atoms with van der Waals surface area (Å²) in [5.74, 6) is -0.870. The normalized spacial score (nSPS) is 21.8. The van der Waals surface area contributed by atoms with Gasteiger partial charge in [0.05, 0.1) is 12.1 Å². The molecular formula is C14H25BN2O4. The first-order chi connectivity index (χ1) is 9.66. The van der Waals surface area contributed by atoms with Crippen LogP contribution in [-0.4, -0.2) is 55.6 Å². The van der Waals surface area contributed by atoms with Crippen LogP contribution >= 0.6 is 0 Å². The molecule has 7 heteroatoms. The van der Waals surface area contributed by atoms with Crippen molar-refractivity contribution in [2.75, 3.05) is 13.2 Å². The topological polar surface area (TPSA) is 91.0 Å². The molecule has 3 atom stereocenters. The lowest BCUT2D eigenvalue weighted by Crippen LogP contribution is -2.63. The van der Waals surface area contributed by atoms with Gasteiger partial charge in [0.2, 0.25) is 5.91 Å². The van der Waals surface area contributed by atoms with Gasteiger partial charge in [0.1, 0.15) is 13.9 Å². The first kappa shape index (κ1) is 18.0. The van der Waals surface area contributed by atoms with Crippen LogP contribution in [0.3, 0.4) is 0 Å². The van der Waals surface area contributed by atoms with E-state index in [1.54, 1.807) is 13.8 Å². The zero-order valence-electron chi connectivity index (χ0n) is 13.2. The van der Waals surface area contributed by atoms with Gasteiger partial charge in [-0.3, -0.25) is 9.59 Å². The van der Waals surface area contributed by atoms with Crippen molar-refractivity contribution in [3.8, 4) is 0 Å². The molecule has 0 saturated carbocycles. The third-order valence-corrected chi connectivity index (χ3v) is 3.58. The summed E-state index contributed by atoms with van der Waals surface area (Å²) in [6, 6.07) is -1.21. The van der Waals surface area contributed by atoms with E-state index in [0.29, 0.717) is 19.1 Å². The van der Waals surface area contributed by atoms with Crippen LogP contribution in [0.5, 0.6) is 0 Å². The van der Waals surface area contributed by atoms with Gasteiger partial charge in [-0.15, -0.1) is 0 Å². The van der Waals surface area contributed by atoms with E-state index in [0.717, 1.165) is 6.42 Å². The van der Waals surface area contributed by atoms with Gasteiger partial charge in [-0.1, -0.05) is 27.7 Å². The molecule has 0 aromatic rings. The van der Waals surface area contributed by atoms with E-state index < -0.39 is 35.4 Å². The van der Waals surface area contributed by atoms with E-state index in [-0.39, 0.29) is 0 Å². The largest absolute Gasteiger partial charge is 0.397 e. The van der Waals surface area contributed by atoms with E-state index in [1.165, 1.54) is 0 Å². The second kappa shape index (κ2) is 7.27. The first-order valence-electron chi connectivity index (χ1n) is 7.37. The Morgan fingerprint density at radius 3 is 2.38 bits per heavy atom. The minimum absolute atomic E-state index is 0.332. The van der Waals surface area contributed by atoms with Crippen LogP contribution < -0.4 is 10.6 Å². The molecule has 2 amide bonds. The highest BCUT2D eigenvalue weighted by molar-refractivity contribution is 6.17. The zero-order chi connectivity index (χ0) is 16.2. The van der Waals surface area contributed by atoms with Crippen molar-refractivity contribution in [3.05, 3.63) is 0 Å². The fourth-order valence-electron chi connectivity index (χ4n) is 1.75. The predicted molar refractivity (Wildman–Crippen MR) is 79.7 cm³/mol. The molecule has 0 bridgehead atoms. The highest BCUT2D eigenvalue weighted by Crippen LogP contribution is 2.19. The summed E-state index contributed by atoms with van der Waals surface area (Å²) < 4.78 is 4.87. The molecule has 1 rings (SSSR count). The Labute approximate surface area is 127 Å². The van der Waals surface area contributed by atoms with Crippen LogP contribution in [0.2, 0.25) is 0 Å². The molecule has 1 saturated heterocycles. The van der Waals surface area contributed by atoms with E-state index >= 15 is 0 Å². The van der Waals surface area contributed by atoms with Crippen molar-refractivity contribution in [2.45, 2.75) is 51.8 Å². The maximum Gasteiger partial charge on any atom is 0.252 e. The van der Waals surface area contributed by atoms with Crippen LogP contribution in [0, 0.1) is 11.8 Å². The predicted octanol–water partition coefficient (Wildman–Crippen LogP) is -0.455. The minimum Gasteiger partial charge on any atom is -0.397 e. The summed E-state index contributed by atoms with van der Waals surface area (Å²) in [7, 11) is 5.84. The first-order valence-corrected chi connectivity index (χ1v) is 7.37. The summed E-state index contributed by atoms with van der Waals surface area (Å²) in [4.78, 5) is 24.0. The van der Waals surface area contributed by atoms with Gasteiger partial charge in [0, 0.05) is 6.54 Å². The number of rotatable bonds is 8. The molecule has 1 fully saturated rings. The average molecular weight is 296 g/mol. The van der Waals surface area contributed by atoms with Gasteiger partial charge in [-0.2, -0.15) is 0 Å². The van der Waals surface area contributed by atoms with Gasteiger partial charge in [0.15, 0.2) is 6.10 Å². The maximum atomic E-state index is 12.2. The van der Waals surface area contributed by atoms with Crippen LogP contribution in [0.15, 0.2) is 0 Å². The fraction of sp³-hybridized carbons (Fsp3) is 0.857. The van der Waals surface area contributed by atoms with E-state index in [9.17, 15) is 14.7 Å². The molecule has 2 radical (unpaired) electrons. The summed E-state index contributed by atoms with van der Waals surface area (Å²) in [6.07, 6.45) is 0.266. The molecule has 0 aromatic heterocycles. The molecule has 1 aliphatic rings. The quantitative estimate of drug-likeness (QED) is 0.418. The van der Waals surface area contributed by atoms with E-state index in [2.05, 4.69) is 10.6 Å². The van der Waals surface area contributed by atoms with Crippen molar-refractivity contribution in [1.82, 2.24) is 10.6 Å². The molecule has 1 aliphatic heterocycles. The number of carbonyl (C=O) groups is 2. The zero-order valence-corrected chi connectivity index (χ0v) is 13.2. The highest BCUT2D eigenvalue weighted by Gasteiger charge is 2.43. The summed E-state index contributed by atoms with van der Waals surface area (Å²) in [5.41, 5.74) is -1.83. The number of ether oxygens (including phenoxy) is 1. The van der Waals surface area contributed by atoms with Gasteiger partial charge in [0.25, 0.3) is 5.91 Å². The van der Waals surface area contributed by atoms with Crippen molar-refractivity contribution < 1.29 is 19.4 Å². The third-order valence-electron chi connectivity index (χ3n) is 3.58. The molecule has 0 aromatic carbocycles. The second-order valence-electron chi connectivity index (χ2n) is 6.28. The fourth-order valence-corrected chi connectivity index (χ4v) is 1.75. The Morgan fingerprint density at radius 1 is 1.38 bits per heavy atom. The number of hydrogen-bond donors (Lipinski definition) is 3. The van der Waals surface area contributed by atoms with Gasteiger partial charge < -0.3 is 20.5 Å². The number of epoxide rings is 1. The lowest BCUT2D eigenvalue weighted by atomic mass is 9.67. The Balaban J connectivity index is 2.70. The summed E-state index contributed by atoms with van der Waals surface area (Å²) in [6.45, 7) is 8.27. The van der Waals surface area contributed by atoms with Crippen LogP contribution in [0.25, 0.3) is 0 Å². The molecule has 2 unspecified atom stereocenters. The lowest BCUT2D eigenvalue weighted by Gasteiger charge is -2.36. The molecule has 0 spiro atoms. The van der Waals surface area contributed by atoms with Gasteiger partial charge in [-0.25, -0.2) is 0 Å². The van der Waals surface area contributed by atoms with Gasteiger partial charge >= 0.3 is 0 Å².